The second-order valence-corrected chi connectivity index (χ2v) is 17.1. The Morgan fingerprint density at radius 2 is 0.635 bits per heavy atom. The van der Waals surface area contributed by atoms with Crippen LogP contribution in [0.3, 0.4) is 0 Å². The second kappa shape index (κ2) is 12.4. The van der Waals surface area contributed by atoms with Crippen molar-refractivity contribution in [1.29, 1.82) is 0 Å². The molecule has 5 aromatic carbocycles. The van der Waals surface area contributed by atoms with E-state index in [1.807, 2.05) is 0 Å². The number of para-hydroxylation sites is 1. The van der Waals surface area contributed by atoms with Gasteiger partial charge in [0.1, 0.15) is 0 Å². The quantitative estimate of drug-likeness (QED) is 0.124. The summed E-state index contributed by atoms with van der Waals surface area (Å²) in [4.78, 5) is 0.777. The van der Waals surface area contributed by atoms with Gasteiger partial charge in [0.2, 0.25) is 13.4 Å². The first-order chi connectivity index (χ1) is 28.8. The van der Waals surface area contributed by atoms with Crippen LogP contribution in [0.2, 0.25) is 0 Å². The Balaban J connectivity index is 1.50. The van der Waals surface area contributed by atoms with E-state index in [2.05, 4.69) is 0 Å². The highest BCUT2D eigenvalue weighted by Gasteiger charge is 2.86. The van der Waals surface area contributed by atoms with Crippen LogP contribution in [0.4, 0.5) is 87.3 Å². The van der Waals surface area contributed by atoms with Crippen molar-refractivity contribution in [2.75, 3.05) is 4.90 Å². The number of benzene rings is 5. The lowest BCUT2D eigenvalue weighted by Crippen LogP contribution is -2.68. The van der Waals surface area contributed by atoms with Crippen molar-refractivity contribution in [1.82, 2.24) is 0 Å². The molecule has 4 aliphatic rings. The van der Waals surface area contributed by atoms with Gasteiger partial charge in [-0.2, -0.15) is 70.2 Å². The molecule has 9 rings (SSSR count). The smallest absolute Gasteiger partial charge is 0.313 e. The number of hydrogen-bond acceptors (Lipinski definition) is 1. The summed E-state index contributed by atoms with van der Waals surface area (Å²) in [5, 5.41) is 0. The summed E-state index contributed by atoms with van der Waals surface area (Å²) in [7, 11) is 0. The Hall–Kier alpha value is -5.09. The number of halogens is 16. The average Bonchev–Trinajstić information content (AvgIpc) is 3.16. The maximum Gasteiger partial charge on any atom is 0.382 e. The molecule has 0 unspecified atom stereocenters. The van der Waals surface area contributed by atoms with Crippen molar-refractivity contribution in [2.45, 2.75) is 88.9 Å². The van der Waals surface area contributed by atoms with Crippen LogP contribution in [0.25, 0.3) is 0 Å². The second-order valence-electron chi connectivity index (χ2n) is 17.1. The van der Waals surface area contributed by atoms with Crippen LogP contribution in [0, 0.1) is 41.5 Å². The van der Waals surface area contributed by atoms with Gasteiger partial charge in [-0.05, 0) is 75.5 Å². The van der Waals surface area contributed by atoms with Crippen LogP contribution in [0.1, 0.15) is 55.6 Å². The molecule has 0 amide bonds. The third-order valence-corrected chi connectivity index (χ3v) is 13.2. The summed E-state index contributed by atoms with van der Waals surface area (Å²) in [5.74, 6) is -50.9. The molecule has 63 heavy (non-hydrogen) atoms. The van der Waals surface area contributed by atoms with Gasteiger partial charge in [-0.3, -0.25) is 0 Å². The van der Waals surface area contributed by atoms with Gasteiger partial charge in [0, 0.05) is 39.3 Å². The fraction of sp³-hybridized carbons (Fsp3) is 0.318. The van der Waals surface area contributed by atoms with E-state index in [0.717, 1.165) is 4.90 Å². The van der Waals surface area contributed by atoms with E-state index in [4.69, 9.17) is 0 Å². The summed E-state index contributed by atoms with van der Waals surface area (Å²) in [6.45, 7) is 6.96. The Morgan fingerprint density at radius 3 is 0.921 bits per heavy atom. The predicted octanol–water partition coefficient (Wildman–Crippen LogP) is 9.60. The Kier molecular flexibility index (Phi) is 8.48. The number of aryl methyl sites for hydroxylation is 6. The Bertz CT molecular complexity index is 2630. The fourth-order valence-electron chi connectivity index (χ4n) is 10.5. The van der Waals surface area contributed by atoms with Crippen LogP contribution in [0.15, 0.2) is 66.7 Å². The van der Waals surface area contributed by atoms with Crippen molar-refractivity contribution in [3.05, 3.63) is 122 Å². The maximum absolute atomic E-state index is 15.9. The van der Waals surface area contributed by atoms with E-state index in [9.17, 15) is 0 Å². The third-order valence-electron chi connectivity index (χ3n) is 13.2. The molecule has 0 fully saturated rings. The molecular formula is C44H29B2F16N. The van der Waals surface area contributed by atoms with Crippen molar-refractivity contribution in [3.8, 4) is 0 Å². The summed E-state index contributed by atoms with van der Waals surface area (Å²) in [5.41, 5.74) is -7.99. The highest BCUT2D eigenvalue weighted by Crippen LogP contribution is 2.67. The van der Waals surface area contributed by atoms with E-state index in [1.165, 1.54) is 18.2 Å². The number of fused-ring (bicyclic) bond motifs is 6. The van der Waals surface area contributed by atoms with Gasteiger partial charge in [-0.15, -0.1) is 0 Å². The normalized spacial score (nSPS) is 21.8. The van der Waals surface area contributed by atoms with Crippen LogP contribution in [-0.2, 0) is 23.7 Å². The molecule has 0 saturated heterocycles. The molecule has 0 saturated carbocycles. The fourth-order valence-corrected chi connectivity index (χ4v) is 10.5. The van der Waals surface area contributed by atoms with Crippen molar-refractivity contribution in [2.24, 2.45) is 0 Å². The lowest BCUT2D eigenvalue weighted by molar-refractivity contribution is -0.386. The predicted molar refractivity (Wildman–Crippen MR) is 207 cm³/mol. The van der Waals surface area contributed by atoms with Gasteiger partial charge in [0.05, 0.1) is 0 Å². The monoisotopic (exact) mass is 897 g/mol. The van der Waals surface area contributed by atoms with Gasteiger partial charge in [0.15, 0.2) is 0 Å². The van der Waals surface area contributed by atoms with Gasteiger partial charge in [-0.1, -0.05) is 98.9 Å². The van der Waals surface area contributed by atoms with Gasteiger partial charge in [-0.25, -0.2) is 0 Å². The zero-order valence-electron chi connectivity index (χ0n) is 33.5. The highest BCUT2D eigenvalue weighted by molar-refractivity contribution is 7.02. The minimum absolute atomic E-state index is 0.0581. The SMILES string of the molecule is Cc1cc(C)c(B2c3cc4c(cc3N3c5cc6c(cc5B(c5c(C)cc(C)cc5C)c5cccc2c53)C(F)(F)C(F)(F)C(F)(F)C6(F)F)C(F)(F)C(F)(F)C(F)(F)C4(F)F)c(C)c1. The third kappa shape index (κ3) is 4.91. The van der Waals surface area contributed by atoms with Gasteiger partial charge < -0.3 is 4.90 Å². The summed E-state index contributed by atoms with van der Waals surface area (Å²) < 4.78 is 248. The van der Waals surface area contributed by atoms with E-state index >= 15 is 70.2 Å². The Morgan fingerprint density at radius 1 is 0.365 bits per heavy atom. The molecule has 5 aromatic rings. The molecule has 0 aromatic heterocycles. The van der Waals surface area contributed by atoms with Gasteiger partial charge >= 0.3 is 47.4 Å². The van der Waals surface area contributed by atoms with Crippen molar-refractivity contribution in [3.63, 3.8) is 0 Å². The summed E-state index contributed by atoms with van der Waals surface area (Å²) in [6, 6.07) is 11.4. The Labute approximate surface area is 349 Å². The molecule has 0 spiro atoms. The average molecular weight is 897 g/mol. The standard InChI is InChI=1S/C44H29B2F16N/c1-18-10-20(3)34(21(4)11-18)45-28-8-7-9-29-36(28)63(32-16-26-24(14-30(32)45)37(47,48)41(55,56)43(59,60)39(26,51)52)33-17-27-25(38(49,50)42(57,58)44(61,62)40(27,53)54)15-31(33)46(29)35-22(5)12-19(2)13-23(35)6/h7-17H,1-6H3. The molecular weight excluding hydrogens is 868 g/mol. The zero-order chi connectivity index (χ0) is 46.5. The van der Waals surface area contributed by atoms with Crippen LogP contribution in [0.5, 0.6) is 0 Å². The molecule has 19 heteroatoms. The maximum atomic E-state index is 15.9. The number of rotatable bonds is 2. The van der Waals surface area contributed by atoms with Crippen LogP contribution < -0.4 is 37.7 Å². The number of hydrogen-bond donors (Lipinski definition) is 0. The molecule has 2 aliphatic heterocycles. The van der Waals surface area contributed by atoms with Crippen molar-refractivity contribution >= 4 is 63.3 Å². The molecule has 2 heterocycles. The minimum Gasteiger partial charge on any atom is -0.313 e. The first-order valence-electron chi connectivity index (χ1n) is 19.3. The molecule has 0 N–H and O–H groups in total. The number of nitrogens with zero attached hydrogens (tertiary/aromatic N) is 1. The number of anilines is 3. The first kappa shape index (κ1) is 43.2. The molecule has 1 nitrogen and oxygen atoms in total. The van der Waals surface area contributed by atoms with Crippen molar-refractivity contribution < 1.29 is 70.2 Å². The van der Waals surface area contributed by atoms with E-state index < -0.39 is 105 Å². The van der Waals surface area contributed by atoms with Crippen LogP contribution >= 0.6 is 0 Å². The lowest BCUT2D eigenvalue weighted by Gasteiger charge is -2.48. The summed E-state index contributed by atoms with van der Waals surface area (Å²) in [6.07, 6.45) is 0. The lowest BCUT2D eigenvalue weighted by atomic mass is 9.29. The molecule has 0 radical (unpaired) electrons. The van der Waals surface area contributed by atoms with Gasteiger partial charge in [0.25, 0.3) is 0 Å². The molecule has 2 aliphatic carbocycles. The van der Waals surface area contributed by atoms with E-state index in [0.29, 0.717) is 44.3 Å². The first-order valence-corrected chi connectivity index (χ1v) is 19.3. The molecule has 328 valence electrons. The summed E-state index contributed by atoms with van der Waals surface area (Å²) >= 11 is 0. The topological polar surface area (TPSA) is 3.24 Å². The van der Waals surface area contributed by atoms with E-state index in [1.54, 1.807) is 65.8 Å². The highest BCUT2D eigenvalue weighted by atomic mass is 19.4. The molecule has 0 atom stereocenters. The number of alkyl halides is 16. The molecule has 0 bridgehead atoms. The zero-order valence-corrected chi connectivity index (χ0v) is 33.5. The van der Waals surface area contributed by atoms with Crippen LogP contribution in [-0.4, -0.2) is 37.1 Å². The van der Waals surface area contributed by atoms with E-state index in [-0.39, 0.29) is 40.9 Å². The largest absolute Gasteiger partial charge is 0.382 e. The minimum atomic E-state index is -6.74.